The molecule has 0 fully saturated rings. The van der Waals surface area contributed by atoms with Crippen LogP contribution in [0.2, 0.25) is 0 Å². The van der Waals surface area contributed by atoms with E-state index in [1.54, 1.807) is 6.92 Å². The van der Waals surface area contributed by atoms with Gasteiger partial charge in [0.25, 0.3) is 0 Å². The van der Waals surface area contributed by atoms with Gasteiger partial charge in [0.05, 0.1) is 5.69 Å². The molecule has 0 aliphatic rings. The van der Waals surface area contributed by atoms with Gasteiger partial charge in [-0.15, -0.1) is 0 Å². The Labute approximate surface area is 70.2 Å². The number of anilines is 1. The minimum absolute atomic E-state index is 0.0810. The van der Waals surface area contributed by atoms with Crippen LogP contribution in [0.1, 0.15) is 22.8 Å². The molecule has 0 atom stereocenters. The lowest BCUT2D eigenvalue weighted by molar-refractivity contribution is 0.101. The second-order valence-corrected chi connectivity index (χ2v) is 2.74. The third kappa shape index (κ3) is 1.44. The van der Waals surface area contributed by atoms with Gasteiger partial charge in [-0.05, 0) is 31.5 Å². The van der Waals surface area contributed by atoms with Gasteiger partial charge < -0.3 is 5.73 Å². The number of aryl methyl sites for hydroxylation is 1. The lowest BCUT2D eigenvalue weighted by Crippen LogP contribution is -2.00. The van der Waals surface area contributed by atoms with Crippen molar-refractivity contribution in [2.24, 2.45) is 0 Å². The van der Waals surface area contributed by atoms with Crippen LogP contribution in [0.3, 0.4) is 0 Å². The number of nitrogens with two attached hydrogens (primary N) is 1. The SMILES string of the molecule is CC(=O)c1cc(F)c(N)cc1C. The van der Waals surface area contributed by atoms with Gasteiger partial charge in [0, 0.05) is 5.56 Å². The molecule has 0 aromatic heterocycles. The molecule has 1 rings (SSSR count). The maximum Gasteiger partial charge on any atom is 0.160 e. The van der Waals surface area contributed by atoms with Crippen molar-refractivity contribution in [1.82, 2.24) is 0 Å². The van der Waals surface area contributed by atoms with Crippen molar-refractivity contribution >= 4 is 11.5 Å². The first-order chi connectivity index (χ1) is 5.52. The summed E-state index contributed by atoms with van der Waals surface area (Å²) < 4.78 is 12.8. The fourth-order valence-electron chi connectivity index (χ4n) is 1.08. The van der Waals surface area contributed by atoms with Crippen LogP contribution in [0.15, 0.2) is 12.1 Å². The van der Waals surface area contributed by atoms with Crippen LogP contribution in [0.5, 0.6) is 0 Å². The van der Waals surface area contributed by atoms with Crippen molar-refractivity contribution in [3.8, 4) is 0 Å². The molecule has 3 heteroatoms. The number of carbonyl (C=O) groups excluding carboxylic acids is 1. The molecular formula is C9H10FNO. The first kappa shape index (κ1) is 8.71. The van der Waals surface area contributed by atoms with Gasteiger partial charge in [-0.25, -0.2) is 4.39 Å². The number of Topliss-reactive ketones (excluding diaryl/α,β-unsaturated/α-hetero) is 1. The average molecular weight is 167 g/mol. The van der Waals surface area contributed by atoms with Crippen LogP contribution < -0.4 is 5.73 Å². The Morgan fingerprint density at radius 1 is 1.50 bits per heavy atom. The van der Waals surface area contributed by atoms with Crippen molar-refractivity contribution < 1.29 is 9.18 Å². The summed E-state index contributed by atoms with van der Waals surface area (Å²) in [6.07, 6.45) is 0. The molecule has 1 aromatic carbocycles. The number of benzene rings is 1. The van der Waals surface area contributed by atoms with Crippen molar-refractivity contribution in [2.45, 2.75) is 13.8 Å². The minimum Gasteiger partial charge on any atom is -0.396 e. The van der Waals surface area contributed by atoms with Crippen molar-refractivity contribution in [3.05, 3.63) is 29.1 Å². The molecule has 0 radical (unpaired) electrons. The summed E-state index contributed by atoms with van der Waals surface area (Å²) >= 11 is 0. The fourth-order valence-corrected chi connectivity index (χ4v) is 1.08. The van der Waals surface area contributed by atoms with Crippen LogP contribution >= 0.6 is 0 Å². The third-order valence-corrected chi connectivity index (χ3v) is 1.72. The van der Waals surface area contributed by atoms with E-state index in [1.807, 2.05) is 0 Å². The average Bonchev–Trinajstić information content (AvgIpc) is 1.96. The molecular weight excluding hydrogens is 157 g/mol. The van der Waals surface area contributed by atoms with Gasteiger partial charge in [0.2, 0.25) is 0 Å². The molecule has 0 bridgehead atoms. The lowest BCUT2D eigenvalue weighted by atomic mass is 10.0. The van der Waals surface area contributed by atoms with E-state index in [0.29, 0.717) is 11.1 Å². The summed E-state index contributed by atoms with van der Waals surface area (Å²) in [4.78, 5) is 10.9. The monoisotopic (exact) mass is 167 g/mol. The van der Waals surface area contributed by atoms with Crippen molar-refractivity contribution in [1.29, 1.82) is 0 Å². The number of ketones is 1. The molecule has 0 saturated heterocycles. The molecule has 64 valence electrons. The molecule has 0 spiro atoms. The topological polar surface area (TPSA) is 43.1 Å². The number of hydrogen-bond acceptors (Lipinski definition) is 2. The standard InChI is InChI=1S/C9H10FNO/c1-5-3-9(11)8(10)4-7(5)6(2)12/h3-4H,11H2,1-2H3. The zero-order chi connectivity index (χ0) is 9.30. The second kappa shape index (κ2) is 2.93. The van der Waals surface area contributed by atoms with Gasteiger partial charge in [-0.3, -0.25) is 4.79 Å². The van der Waals surface area contributed by atoms with E-state index >= 15 is 0 Å². The molecule has 0 amide bonds. The first-order valence-corrected chi connectivity index (χ1v) is 3.59. The summed E-state index contributed by atoms with van der Waals surface area (Å²) in [5.74, 6) is -0.683. The van der Waals surface area contributed by atoms with Crippen LogP contribution in [0.4, 0.5) is 10.1 Å². The number of carbonyl (C=O) groups is 1. The number of rotatable bonds is 1. The molecule has 12 heavy (non-hydrogen) atoms. The maximum absolute atomic E-state index is 12.8. The lowest BCUT2D eigenvalue weighted by Gasteiger charge is -2.03. The highest BCUT2D eigenvalue weighted by Gasteiger charge is 2.07. The summed E-state index contributed by atoms with van der Waals surface area (Å²) in [5.41, 5.74) is 6.48. The molecule has 1 aromatic rings. The predicted octanol–water partition coefficient (Wildman–Crippen LogP) is 1.92. The highest BCUT2D eigenvalue weighted by molar-refractivity contribution is 5.95. The Morgan fingerprint density at radius 3 is 2.58 bits per heavy atom. The smallest absolute Gasteiger partial charge is 0.160 e. The van der Waals surface area contributed by atoms with Gasteiger partial charge in [0.15, 0.2) is 5.78 Å². The van der Waals surface area contributed by atoms with Gasteiger partial charge in [0.1, 0.15) is 5.82 Å². The summed E-state index contributed by atoms with van der Waals surface area (Å²) in [6.45, 7) is 3.13. The zero-order valence-electron chi connectivity index (χ0n) is 7.02. The number of nitrogen functional groups attached to an aromatic ring is 1. The fraction of sp³-hybridized carbons (Fsp3) is 0.222. The van der Waals surface area contributed by atoms with Crippen LogP contribution in [-0.4, -0.2) is 5.78 Å². The first-order valence-electron chi connectivity index (χ1n) is 3.59. The quantitative estimate of drug-likeness (QED) is 0.513. The predicted molar refractivity (Wildman–Crippen MR) is 45.6 cm³/mol. The number of hydrogen-bond donors (Lipinski definition) is 1. The maximum atomic E-state index is 12.8. The van der Waals surface area contributed by atoms with Gasteiger partial charge >= 0.3 is 0 Å². The molecule has 0 aliphatic heterocycles. The summed E-state index contributed by atoms with van der Waals surface area (Å²) in [7, 11) is 0. The highest BCUT2D eigenvalue weighted by Crippen LogP contribution is 2.17. The Hall–Kier alpha value is -1.38. The summed E-state index contributed by atoms with van der Waals surface area (Å²) in [5, 5.41) is 0. The van der Waals surface area contributed by atoms with Crippen LogP contribution in [-0.2, 0) is 0 Å². The van der Waals surface area contributed by atoms with Crippen LogP contribution in [0, 0.1) is 12.7 Å². The highest BCUT2D eigenvalue weighted by atomic mass is 19.1. The molecule has 0 saturated carbocycles. The van der Waals surface area contributed by atoms with E-state index in [1.165, 1.54) is 19.1 Å². The van der Waals surface area contributed by atoms with Crippen molar-refractivity contribution in [3.63, 3.8) is 0 Å². The Bertz CT molecular complexity index is 334. The number of halogens is 1. The van der Waals surface area contributed by atoms with Crippen molar-refractivity contribution in [2.75, 3.05) is 5.73 Å². The van der Waals surface area contributed by atoms with Gasteiger partial charge in [-0.2, -0.15) is 0 Å². The Morgan fingerprint density at radius 2 is 2.08 bits per heavy atom. The summed E-state index contributed by atoms with van der Waals surface area (Å²) in [6, 6.07) is 2.64. The van der Waals surface area contributed by atoms with E-state index in [-0.39, 0.29) is 11.5 Å². The molecule has 0 aliphatic carbocycles. The zero-order valence-corrected chi connectivity index (χ0v) is 7.02. The third-order valence-electron chi connectivity index (χ3n) is 1.72. The molecule has 0 heterocycles. The van der Waals surface area contributed by atoms with E-state index in [2.05, 4.69) is 0 Å². The van der Waals surface area contributed by atoms with E-state index in [0.717, 1.165) is 0 Å². The Kier molecular flexibility index (Phi) is 2.13. The normalized spacial score (nSPS) is 9.92. The van der Waals surface area contributed by atoms with E-state index < -0.39 is 5.82 Å². The van der Waals surface area contributed by atoms with E-state index in [9.17, 15) is 9.18 Å². The van der Waals surface area contributed by atoms with Crippen LogP contribution in [0.25, 0.3) is 0 Å². The molecule has 2 nitrogen and oxygen atoms in total. The van der Waals surface area contributed by atoms with Gasteiger partial charge in [-0.1, -0.05) is 0 Å². The largest absolute Gasteiger partial charge is 0.396 e. The Balaban J connectivity index is 3.33. The minimum atomic E-state index is -0.536. The second-order valence-electron chi connectivity index (χ2n) is 2.74. The van der Waals surface area contributed by atoms with E-state index in [4.69, 9.17) is 5.73 Å². The molecule has 2 N–H and O–H groups in total. The molecule has 0 unspecified atom stereocenters.